The van der Waals surface area contributed by atoms with E-state index >= 15 is 0 Å². The Morgan fingerprint density at radius 1 is 1.32 bits per heavy atom. The molecular formula is C15H18BrNO2. The summed E-state index contributed by atoms with van der Waals surface area (Å²) < 4.78 is 8.37. The van der Waals surface area contributed by atoms with E-state index in [0.717, 1.165) is 15.4 Å². The second kappa shape index (κ2) is 5.00. The lowest BCUT2D eigenvalue weighted by Crippen LogP contribution is -2.28. The average molecular weight is 324 g/mol. The van der Waals surface area contributed by atoms with Gasteiger partial charge in [-0.05, 0) is 51.3 Å². The molecule has 0 aliphatic carbocycles. The highest BCUT2D eigenvalue weighted by atomic mass is 79.9. The normalized spacial score (nSPS) is 13.5. The van der Waals surface area contributed by atoms with Crippen LogP contribution in [0.2, 0.25) is 0 Å². The summed E-state index contributed by atoms with van der Waals surface area (Å²) in [5.74, 6) is -0.218. The molecule has 0 spiro atoms. The number of carbonyl (C=O) groups is 1. The highest BCUT2D eigenvalue weighted by Gasteiger charge is 2.23. The standard InChI is InChI=1S/C15H18BrNO2/c1-10(14(18)19-15(2,3)4)17-8-7-11-5-6-12(16)9-13(11)17/h5-10H,1-4H3. The predicted octanol–water partition coefficient (Wildman–Crippen LogP) is 4.31. The molecule has 4 heteroatoms. The Kier molecular flexibility index (Phi) is 3.72. The first-order valence-corrected chi connectivity index (χ1v) is 7.06. The minimum absolute atomic E-state index is 0.218. The lowest BCUT2D eigenvalue weighted by atomic mass is 10.2. The molecule has 1 unspecified atom stereocenters. The van der Waals surface area contributed by atoms with Crippen molar-refractivity contribution in [1.82, 2.24) is 4.57 Å². The maximum atomic E-state index is 12.1. The molecule has 3 nitrogen and oxygen atoms in total. The van der Waals surface area contributed by atoms with E-state index in [2.05, 4.69) is 15.9 Å². The van der Waals surface area contributed by atoms with E-state index in [1.54, 1.807) is 0 Å². The van der Waals surface area contributed by atoms with E-state index in [-0.39, 0.29) is 12.0 Å². The number of carbonyl (C=O) groups excluding carboxylic acids is 1. The van der Waals surface area contributed by atoms with Gasteiger partial charge in [-0.3, -0.25) is 0 Å². The zero-order valence-corrected chi connectivity index (χ0v) is 13.2. The van der Waals surface area contributed by atoms with Gasteiger partial charge < -0.3 is 9.30 Å². The zero-order chi connectivity index (χ0) is 14.2. The molecule has 2 aromatic rings. The monoisotopic (exact) mass is 323 g/mol. The number of rotatable bonds is 2. The van der Waals surface area contributed by atoms with Gasteiger partial charge in [0.05, 0.1) is 0 Å². The molecular weight excluding hydrogens is 306 g/mol. The maximum absolute atomic E-state index is 12.1. The number of hydrogen-bond acceptors (Lipinski definition) is 2. The Morgan fingerprint density at radius 2 is 2.00 bits per heavy atom. The molecule has 19 heavy (non-hydrogen) atoms. The molecule has 0 N–H and O–H groups in total. The van der Waals surface area contributed by atoms with Gasteiger partial charge in [-0.2, -0.15) is 0 Å². The van der Waals surface area contributed by atoms with Crippen LogP contribution in [0.15, 0.2) is 34.9 Å². The molecule has 1 atom stereocenters. The van der Waals surface area contributed by atoms with Crippen molar-refractivity contribution in [2.75, 3.05) is 0 Å². The van der Waals surface area contributed by atoms with Crippen molar-refractivity contribution in [1.29, 1.82) is 0 Å². The fourth-order valence-electron chi connectivity index (χ4n) is 1.96. The van der Waals surface area contributed by atoms with Gasteiger partial charge in [-0.25, -0.2) is 4.79 Å². The Morgan fingerprint density at radius 3 is 2.63 bits per heavy atom. The van der Waals surface area contributed by atoms with E-state index in [1.165, 1.54) is 0 Å². The van der Waals surface area contributed by atoms with Crippen LogP contribution in [0.4, 0.5) is 0 Å². The number of nitrogens with zero attached hydrogens (tertiary/aromatic N) is 1. The van der Waals surface area contributed by atoms with Crippen molar-refractivity contribution in [2.45, 2.75) is 39.3 Å². The summed E-state index contributed by atoms with van der Waals surface area (Å²) >= 11 is 3.46. The first-order chi connectivity index (χ1) is 8.78. The summed E-state index contributed by atoms with van der Waals surface area (Å²) in [6.07, 6.45) is 1.92. The first kappa shape index (κ1) is 14.1. The molecule has 0 aliphatic rings. The van der Waals surface area contributed by atoms with E-state index < -0.39 is 5.60 Å². The second-order valence-corrected chi connectivity index (χ2v) is 6.55. The van der Waals surface area contributed by atoms with Crippen LogP contribution in [0.1, 0.15) is 33.7 Å². The fraction of sp³-hybridized carbons (Fsp3) is 0.400. The largest absolute Gasteiger partial charge is 0.458 e. The molecule has 1 aromatic carbocycles. The lowest BCUT2D eigenvalue weighted by molar-refractivity contribution is -0.158. The van der Waals surface area contributed by atoms with Crippen LogP contribution in [-0.2, 0) is 9.53 Å². The number of benzene rings is 1. The van der Waals surface area contributed by atoms with Crippen molar-refractivity contribution < 1.29 is 9.53 Å². The summed E-state index contributed by atoms with van der Waals surface area (Å²) in [4.78, 5) is 12.1. The third-order valence-electron chi connectivity index (χ3n) is 2.85. The molecule has 0 amide bonds. The summed E-state index contributed by atoms with van der Waals surface area (Å²) in [5.41, 5.74) is 0.558. The highest BCUT2D eigenvalue weighted by Crippen LogP contribution is 2.25. The topological polar surface area (TPSA) is 31.2 Å². The third-order valence-corrected chi connectivity index (χ3v) is 3.34. The Bertz CT molecular complexity index is 610. The van der Waals surface area contributed by atoms with Crippen LogP contribution in [0.3, 0.4) is 0 Å². The molecule has 0 radical (unpaired) electrons. The van der Waals surface area contributed by atoms with Gasteiger partial charge in [0.1, 0.15) is 11.6 Å². The van der Waals surface area contributed by atoms with Gasteiger partial charge in [0.25, 0.3) is 0 Å². The Labute approximate surface area is 121 Å². The minimum atomic E-state index is -0.463. The lowest BCUT2D eigenvalue weighted by Gasteiger charge is -2.23. The number of hydrogen-bond donors (Lipinski definition) is 0. The van der Waals surface area contributed by atoms with Crippen LogP contribution >= 0.6 is 15.9 Å². The van der Waals surface area contributed by atoms with Crippen LogP contribution in [0.5, 0.6) is 0 Å². The first-order valence-electron chi connectivity index (χ1n) is 6.27. The number of aromatic nitrogens is 1. The van der Waals surface area contributed by atoms with Gasteiger partial charge in [0, 0.05) is 16.2 Å². The van der Waals surface area contributed by atoms with Gasteiger partial charge in [-0.1, -0.05) is 22.0 Å². The summed E-state index contributed by atoms with van der Waals surface area (Å²) in [6.45, 7) is 7.49. The van der Waals surface area contributed by atoms with E-state index in [1.807, 2.05) is 62.7 Å². The van der Waals surface area contributed by atoms with Crippen LogP contribution in [-0.4, -0.2) is 16.1 Å². The third kappa shape index (κ3) is 3.18. The minimum Gasteiger partial charge on any atom is -0.458 e. The van der Waals surface area contributed by atoms with E-state index in [9.17, 15) is 4.79 Å². The van der Waals surface area contributed by atoms with Crippen LogP contribution in [0, 0.1) is 0 Å². The molecule has 1 heterocycles. The quantitative estimate of drug-likeness (QED) is 0.771. The number of ether oxygens (including phenoxy) is 1. The maximum Gasteiger partial charge on any atom is 0.329 e. The summed E-state index contributed by atoms with van der Waals surface area (Å²) in [5, 5.41) is 1.11. The van der Waals surface area contributed by atoms with Gasteiger partial charge >= 0.3 is 5.97 Å². The average Bonchev–Trinajstić information content (AvgIpc) is 2.68. The number of halogens is 1. The van der Waals surface area contributed by atoms with Crippen molar-refractivity contribution in [3.63, 3.8) is 0 Å². The molecule has 102 valence electrons. The molecule has 0 fully saturated rings. The van der Waals surface area contributed by atoms with E-state index in [0.29, 0.717) is 0 Å². The van der Waals surface area contributed by atoms with Crippen LogP contribution < -0.4 is 0 Å². The summed E-state index contributed by atoms with van der Waals surface area (Å²) in [6, 6.07) is 7.69. The fourth-order valence-corrected chi connectivity index (χ4v) is 2.31. The van der Waals surface area contributed by atoms with Crippen LogP contribution in [0.25, 0.3) is 10.9 Å². The number of fused-ring (bicyclic) bond motifs is 1. The Hall–Kier alpha value is -1.29. The van der Waals surface area contributed by atoms with Gasteiger partial charge in [-0.15, -0.1) is 0 Å². The Balaban J connectivity index is 2.33. The van der Waals surface area contributed by atoms with Crippen molar-refractivity contribution in [3.8, 4) is 0 Å². The zero-order valence-electron chi connectivity index (χ0n) is 11.6. The van der Waals surface area contributed by atoms with Crippen molar-refractivity contribution in [3.05, 3.63) is 34.9 Å². The number of esters is 1. The van der Waals surface area contributed by atoms with Crippen molar-refractivity contribution in [2.24, 2.45) is 0 Å². The van der Waals surface area contributed by atoms with Gasteiger partial charge in [0.15, 0.2) is 0 Å². The van der Waals surface area contributed by atoms with E-state index in [4.69, 9.17) is 4.74 Å². The summed E-state index contributed by atoms with van der Waals surface area (Å²) in [7, 11) is 0. The SMILES string of the molecule is CC(C(=O)OC(C)(C)C)n1ccc2ccc(Br)cc21. The van der Waals surface area contributed by atoms with Gasteiger partial charge in [0.2, 0.25) is 0 Å². The molecule has 1 aromatic heterocycles. The molecule has 0 saturated carbocycles. The van der Waals surface area contributed by atoms with Crippen molar-refractivity contribution >= 4 is 32.8 Å². The molecule has 2 rings (SSSR count). The predicted molar refractivity (Wildman–Crippen MR) is 80.2 cm³/mol. The molecule has 0 bridgehead atoms. The highest BCUT2D eigenvalue weighted by molar-refractivity contribution is 9.10. The molecule has 0 saturated heterocycles. The smallest absolute Gasteiger partial charge is 0.329 e. The molecule has 0 aliphatic heterocycles. The second-order valence-electron chi connectivity index (χ2n) is 5.64.